The Hall–Kier alpha value is -0.270. The van der Waals surface area contributed by atoms with Gasteiger partial charge in [-0.1, -0.05) is 23.2 Å². The molecule has 3 nitrogen and oxygen atoms in total. The first-order valence-corrected chi connectivity index (χ1v) is 8.21. The van der Waals surface area contributed by atoms with Crippen LogP contribution < -0.4 is 5.73 Å². The molecule has 0 spiro atoms. The maximum Gasteiger partial charge on any atom is 0.158 e. The van der Waals surface area contributed by atoms with Crippen LogP contribution in [0.2, 0.25) is 10.0 Å². The highest BCUT2D eigenvalue weighted by Crippen LogP contribution is 2.40. The highest BCUT2D eigenvalue weighted by atomic mass is 79.9. The van der Waals surface area contributed by atoms with E-state index in [0.717, 1.165) is 13.1 Å². The van der Waals surface area contributed by atoms with E-state index >= 15 is 0 Å². The molecule has 3 rings (SSSR count). The molecule has 0 atom stereocenters. The van der Waals surface area contributed by atoms with Gasteiger partial charge < -0.3 is 5.73 Å². The first-order valence-electron chi connectivity index (χ1n) is 5.05. The van der Waals surface area contributed by atoms with Crippen LogP contribution in [0.1, 0.15) is 0 Å². The number of pyridine rings is 1. The lowest BCUT2D eigenvalue weighted by molar-refractivity contribution is 1.20. The molecule has 0 aliphatic heterocycles. The second kappa shape index (κ2) is 4.93. The summed E-state index contributed by atoms with van der Waals surface area (Å²) >= 11 is 20.6. The molecule has 0 saturated carbocycles. The van der Waals surface area contributed by atoms with Gasteiger partial charge in [-0.3, -0.25) is 4.40 Å². The molecule has 0 radical (unpaired) electrons. The molecule has 3 aromatic rings. The fourth-order valence-corrected chi connectivity index (χ4v) is 4.28. The Balaban J connectivity index is 2.31. The molecule has 0 amide bonds. The third kappa shape index (κ3) is 2.29. The zero-order valence-electron chi connectivity index (χ0n) is 9.12. The van der Waals surface area contributed by atoms with Gasteiger partial charge in [0, 0.05) is 10.7 Å². The minimum absolute atomic E-state index is 0.472. The van der Waals surface area contributed by atoms with Crippen LogP contribution in [-0.2, 0) is 0 Å². The van der Waals surface area contributed by atoms with Crippen LogP contribution in [-0.4, -0.2) is 9.38 Å². The summed E-state index contributed by atoms with van der Waals surface area (Å²) < 4.78 is 3.65. The second-order valence-corrected chi connectivity index (χ2v) is 7.85. The third-order valence-electron chi connectivity index (χ3n) is 2.56. The number of aromatic nitrogens is 2. The number of anilines is 1. The Bertz CT molecular complexity index is 777. The van der Waals surface area contributed by atoms with Crippen molar-refractivity contribution in [1.82, 2.24) is 9.38 Å². The molecular weight excluding hydrogens is 437 g/mol. The van der Waals surface area contributed by atoms with Crippen LogP contribution in [0.3, 0.4) is 0 Å². The molecule has 0 saturated heterocycles. The van der Waals surface area contributed by atoms with Gasteiger partial charge in [0.2, 0.25) is 0 Å². The van der Waals surface area contributed by atoms with Gasteiger partial charge in [-0.15, -0.1) is 11.3 Å². The molecule has 0 unspecified atom stereocenters. The van der Waals surface area contributed by atoms with E-state index in [2.05, 4.69) is 36.8 Å². The number of imidazole rings is 1. The fourth-order valence-electron chi connectivity index (χ4n) is 1.74. The van der Waals surface area contributed by atoms with Crippen molar-refractivity contribution in [3.05, 3.63) is 36.6 Å². The number of fused-ring (bicyclic) bond motifs is 1. The molecule has 3 heterocycles. The van der Waals surface area contributed by atoms with Crippen molar-refractivity contribution in [2.45, 2.75) is 0 Å². The number of nitrogen functional groups attached to an aromatic ring is 1. The zero-order valence-corrected chi connectivity index (χ0v) is 14.6. The summed E-state index contributed by atoms with van der Waals surface area (Å²) in [6.45, 7) is 0. The normalized spacial score (nSPS) is 11.4. The first kappa shape index (κ1) is 13.7. The summed E-state index contributed by atoms with van der Waals surface area (Å²) in [6.07, 6.45) is 1.70. The topological polar surface area (TPSA) is 43.3 Å². The number of rotatable bonds is 1. The minimum Gasteiger partial charge on any atom is -0.383 e. The van der Waals surface area contributed by atoms with Gasteiger partial charge in [-0.05, 0) is 44.0 Å². The highest BCUT2D eigenvalue weighted by molar-refractivity contribution is 9.13. The summed E-state index contributed by atoms with van der Waals surface area (Å²) in [5.74, 6) is 0.514. The van der Waals surface area contributed by atoms with E-state index < -0.39 is 0 Å². The van der Waals surface area contributed by atoms with Crippen LogP contribution >= 0.6 is 66.4 Å². The molecular formula is C11H5Br2Cl2N3S. The third-order valence-corrected chi connectivity index (χ3v) is 6.31. The van der Waals surface area contributed by atoms with E-state index in [1.165, 1.54) is 0 Å². The van der Waals surface area contributed by atoms with Crippen molar-refractivity contribution >= 4 is 77.9 Å². The molecule has 2 N–H and O–H groups in total. The van der Waals surface area contributed by atoms with E-state index in [1.807, 2.05) is 6.07 Å². The van der Waals surface area contributed by atoms with Crippen LogP contribution in [0.4, 0.5) is 5.82 Å². The molecule has 8 heteroatoms. The van der Waals surface area contributed by atoms with Gasteiger partial charge in [-0.2, -0.15) is 0 Å². The lowest BCUT2D eigenvalue weighted by atomic mass is 10.3. The molecule has 98 valence electrons. The van der Waals surface area contributed by atoms with Crippen LogP contribution in [0.5, 0.6) is 0 Å². The summed E-state index contributed by atoms with van der Waals surface area (Å²) in [4.78, 5) is 5.44. The number of nitrogens with zero attached hydrogens (tertiary/aromatic N) is 2. The van der Waals surface area contributed by atoms with E-state index in [0.29, 0.717) is 27.2 Å². The summed E-state index contributed by atoms with van der Waals surface area (Å²) in [5.41, 5.74) is 7.42. The average Bonchev–Trinajstić information content (AvgIpc) is 2.82. The standard InChI is InChI=1S/C11H5Br2Cl2N3S/c12-5-2-7(19-9(5)13)8-10(16)18-3-4(14)1-6(15)11(18)17-8/h1-3H,16H2. The molecule has 0 fully saturated rings. The number of hydrogen-bond donors (Lipinski definition) is 1. The van der Waals surface area contributed by atoms with Crippen molar-refractivity contribution < 1.29 is 0 Å². The van der Waals surface area contributed by atoms with E-state index in [4.69, 9.17) is 28.9 Å². The Labute approximate surface area is 139 Å². The second-order valence-electron chi connectivity index (χ2n) is 3.78. The maximum atomic E-state index is 6.13. The quantitative estimate of drug-likeness (QED) is 0.543. The van der Waals surface area contributed by atoms with Gasteiger partial charge in [0.25, 0.3) is 0 Å². The summed E-state index contributed by atoms with van der Waals surface area (Å²) in [7, 11) is 0. The van der Waals surface area contributed by atoms with Crippen LogP contribution in [0.25, 0.3) is 16.2 Å². The van der Waals surface area contributed by atoms with Crippen LogP contribution in [0, 0.1) is 0 Å². The Morgan fingerprint density at radius 1 is 1.26 bits per heavy atom. The zero-order chi connectivity index (χ0) is 13.7. The van der Waals surface area contributed by atoms with Gasteiger partial charge in [0.15, 0.2) is 5.65 Å². The number of halogens is 4. The van der Waals surface area contributed by atoms with Crippen molar-refractivity contribution in [3.8, 4) is 10.6 Å². The van der Waals surface area contributed by atoms with Crippen molar-refractivity contribution in [2.75, 3.05) is 5.73 Å². The number of hydrogen-bond acceptors (Lipinski definition) is 3. The average molecular weight is 442 g/mol. The summed E-state index contributed by atoms with van der Waals surface area (Å²) in [5, 5.41) is 0.988. The smallest absolute Gasteiger partial charge is 0.158 e. The maximum absolute atomic E-state index is 6.13. The Morgan fingerprint density at radius 2 is 2.00 bits per heavy atom. The Kier molecular flexibility index (Phi) is 3.55. The van der Waals surface area contributed by atoms with Gasteiger partial charge in [0.05, 0.1) is 18.7 Å². The van der Waals surface area contributed by atoms with E-state index in [9.17, 15) is 0 Å². The van der Waals surface area contributed by atoms with Crippen LogP contribution in [0.15, 0.2) is 26.6 Å². The van der Waals surface area contributed by atoms with Crippen molar-refractivity contribution in [2.24, 2.45) is 0 Å². The van der Waals surface area contributed by atoms with E-state index in [-0.39, 0.29) is 0 Å². The molecule has 19 heavy (non-hydrogen) atoms. The van der Waals surface area contributed by atoms with Gasteiger partial charge >= 0.3 is 0 Å². The minimum atomic E-state index is 0.472. The fraction of sp³-hybridized carbons (Fsp3) is 0. The highest BCUT2D eigenvalue weighted by Gasteiger charge is 2.17. The van der Waals surface area contributed by atoms with Gasteiger partial charge in [-0.25, -0.2) is 4.98 Å². The molecule has 0 aromatic carbocycles. The number of thiophene rings is 1. The predicted molar refractivity (Wildman–Crippen MR) is 88.3 cm³/mol. The summed E-state index contributed by atoms with van der Waals surface area (Å²) in [6, 6.07) is 3.61. The van der Waals surface area contributed by atoms with Crippen molar-refractivity contribution in [1.29, 1.82) is 0 Å². The first-order chi connectivity index (χ1) is 8.97. The van der Waals surface area contributed by atoms with Gasteiger partial charge in [0.1, 0.15) is 11.5 Å². The molecule has 0 aliphatic rings. The Morgan fingerprint density at radius 3 is 2.63 bits per heavy atom. The molecule has 3 aromatic heterocycles. The lowest BCUT2D eigenvalue weighted by Gasteiger charge is -1.99. The SMILES string of the molecule is Nc1c(-c2cc(Br)c(Br)s2)nc2c(Cl)cc(Cl)cn12. The lowest BCUT2D eigenvalue weighted by Crippen LogP contribution is -1.93. The van der Waals surface area contributed by atoms with Crippen molar-refractivity contribution in [3.63, 3.8) is 0 Å². The molecule has 0 bridgehead atoms. The predicted octanol–water partition coefficient (Wildman–Crippen LogP) is 5.48. The molecule has 0 aliphatic carbocycles. The number of nitrogens with two attached hydrogens (primary N) is 1. The monoisotopic (exact) mass is 439 g/mol. The largest absolute Gasteiger partial charge is 0.383 e. The van der Waals surface area contributed by atoms with E-state index in [1.54, 1.807) is 28.0 Å².